The minimum absolute atomic E-state index is 0.0421. The van der Waals surface area contributed by atoms with E-state index in [1.165, 1.54) is 19.3 Å². The van der Waals surface area contributed by atoms with Crippen molar-refractivity contribution >= 4 is 28.1 Å². The van der Waals surface area contributed by atoms with E-state index in [4.69, 9.17) is 9.84 Å². The first-order valence-electron chi connectivity index (χ1n) is 11.3. The van der Waals surface area contributed by atoms with E-state index in [2.05, 4.69) is 11.1 Å². The van der Waals surface area contributed by atoms with E-state index in [1.807, 2.05) is 30.3 Å². The number of unbranched alkanes of at least 4 members (excludes halogenated alkanes) is 7. The minimum atomic E-state index is -0.699. The highest BCUT2D eigenvalue weighted by atomic mass is 32.1. The Morgan fingerprint density at radius 1 is 0.906 bits per heavy atom. The van der Waals surface area contributed by atoms with Crippen LogP contribution in [0.2, 0.25) is 0 Å². The Balaban J connectivity index is 1.35. The third-order valence-corrected chi connectivity index (χ3v) is 6.37. The van der Waals surface area contributed by atoms with Gasteiger partial charge in [0.25, 0.3) is 0 Å². The maximum atomic E-state index is 11.4. The summed E-state index contributed by atoms with van der Waals surface area (Å²) >= 11 is 1.04. The number of carboxylic acids is 1. The number of benzene rings is 2. The molecule has 0 aliphatic carbocycles. The summed E-state index contributed by atoms with van der Waals surface area (Å²) in [4.78, 5) is 24.6. The third kappa shape index (κ3) is 7.71. The van der Waals surface area contributed by atoms with Crippen LogP contribution in [0.5, 0.6) is 11.6 Å². The zero-order valence-corrected chi connectivity index (χ0v) is 19.1. The molecule has 0 bridgehead atoms. The van der Waals surface area contributed by atoms with E-state index in [0.717, 1.165) is 65.5 Å². The summed E-state index contributed by atoms with van der Waals surface area (Å²) in [6.45, 7) is 0.702. The van der Waals surface area contributed by atoms with Crippen LogP contribution in [0.4, 0.5) is 0 Å². The number of aliphatic carboxylic acids is 1. The van der Waals surface area contributed by atoms with Gasteiger partial charge in [0, 0.05) is 12.8 Å². The van der Waals surface area contributed by atoms with Crippen molar-refractivity contribution in [2.75, 3.05) is 6.61 Å². The van der Waals surface area contributed by atoms with Gasteiger partial charge in [0.15, 0.2) is 0 Å². The molecule has 3 aromatic rings. The number of aromatic hydroxyl groups is 1. The zero-order valence-electron chi connectivity index (χ0n) is 18.3. The summed E-state index contributed by atoms with van der Waals surface area (Å²) in [5, 5.41) is 20.6. The van der Waals surface area contributed by atoms with E-state index in [-0.39, 0.29) is 17.2 Å². The lowest BCUT2D eigenvalue weighted by Gasteiger charge is -2.08. The lowest BCUT2D eigenvalue weighted by molar-refractivity contribution is -0.137. The second kappa shape index (κ2) is 12.3. The van der Waals surface area contributed by atoms with Crippen molar-refractivity contribution in [3.05, 3.63) is 56.5 Å². The van der Waals surface area contributed by atoms with Gasteiger partial charge in [-0.15, -0.1) is 0 Å². The molecular weight excluding hydrogens is 426 g/mol. The average molecular weight is 458 g/mol. The second-order valence-electron chi connectivity index (χ2n) is 8.13. The van der Waals surface area contributed by atoms with Crippen LogP contribution >= 0.6 is 11.3 Å². The van der Waals surface area contributed by atoms with Gasteiger partial charge in [-0.25, -0.2) is 0 Å². The highest BCUT2D eigenvalue weighted by Crippen LogP contribution is 2.25. The maximum absolute atomic E-state index is 11.4. The monoisotopic (exact) mass is 457 g/mol. The van der Waals surface area contributed by atoms with E-state index in [9.17, 15) is 14.7 Å². The van der Waals surface area contributed by atoms with Gasteiger partial charge < -0.3 is 14.9 Å². The molecule has 6 nitrogen and oxygen atoms in total. The van der Waals surface area contributed by atoms with Gasteiger partial charge in [0.05, 0.1) is 11.5 Å². The van der Waals surface area contributed by atoms with Crippen LogP contribution in [0.25, 0.3) is 10.8 Å². The fourth-order valence-electron chi connectivity index (χ4n) is 3.76. The Morgan fingerprint density at radius 2 is 1.56 bits per heavy atom. The molecule has 1 aromatic heterocycles. The first kappa shape index (κ1) is 23.9. The third-order valence-electron chi connectivity index (χ3n) is 5.49. The molecule has 0 aliphatic heterocycles. The Kier molecular flexibility index (Phi) is 9.16. The number of ether oxygens (including phenoxy) is 1. The van der Waals surface area contributed by atoms with Crippen molar-refractivity contribution in [2.24, 2.45) is 0 Å². The van der Waals surface area contributed by atoms with Crippen LogP contribution < -0.4 is 9.61 Å². The van der Waals surface area contributed by atoms with Crippen molar-refractivity contribution in [3.63, 3.8) is 0 Å². The van der Waals surface area contributed by atoms with Crippen molar-refractivity contribution < 1.29 is 19.7 Å². The molecule has 1 heterocycles. The van der Waals surface area contributed by atoms with Gasteiger partial charge in [0.1, 0.15) is 5.75 Å². The van der Waals surface area contributed by atoms with Crippen LogP contribution in [0.3, 0.4) is 0 Å². The average Bonchev–Trinajstić information content (AvgIpc) is 3.08. The highest BCUT2D eigenvalue weighted by Gasteiger charge is 2.08. The molecular formula is C25H31NO5S. The van der Waals surface area contributed by atoms with Crippen LogP contribution in [0.15, 0.2) is 41.2 Å². The van der Waals surface area contributed by atoms with E-state index in [1.54, 1.807) is 0 Å². The van der Waals surface area contributed by atoms with Crippen molar-refractivity contribution in [2.45, 2.75) is 64.2 Å². The molecule has 172 valence electrons. The molecule has 0 radical (unpaired) electrons. The Morgan fingerprint density at radius 3 is 2.25 bits per heavy atom. The molecule has 0 saturated carbocycles. The van der Waals surface area contributed by atoms with Crippen LogP contribution in [0, 0.1) is 0 Å². The summed E-state index contributed by atoms with van der Waals surface area (Å²) in [5.74, 6) is 0.125. The number of H-pyrrole nitrogens is 1. The minimum Gasteiger partial charge on any atom is -0.494 e. The van der Waals surface area contributed by atoms with E-state index in [0.29, 0.717) is 17.9 Å². The molecule has 7 heteroatoms. The van der Waals surface area contributed by atoms with Crippen molar-refractivity contribution in [1.29, 1.82) is 0 Å². The van der Waals surface area contributed by atoms with Gasteiger partial charge in [-0.3, -0.25) is 14.6 Å². The number of aromatic amines is 1. The highest BCUT2D eigenvalue weighted by molar-refractivity contribution is 7.09. The van der Waals surface area contributed by atoms with Gasteiger partial charge in [0.2, 0.25) is 5.88 Å². The maximum Gasteiger partial charge on any atom is 0.307 e. The summed E-state index contributed by atoms with van der Waals surface area (Å²) in [6.07, 6.45) is 9.45. The molecule has 3 N–H and O–H groups in total. The zero-order chi connectivity index (χ0) is 22.8. The summed E-state index contributed by atoms with van der Waals surface area (Å²) in [6, 6.07) is 12.2. The number of nitrogens with one attached hydrogen (secondary N) is 1. The second-order valence-corrected chi connectivity index (χ2v) is 9.19. The lowest BCUT2D eigenvalue weighted by atomic mass is 10.0. The molecule has 32 heavy (non-hydrogen) atoms. The standard InChI is InChI=1S/C25H31NO5S/c27-23(28)9-7-5-3-1-2-4-6-8-14-31-21-13-12-19-15-18(10-11-20(19)17-21)16-22-24(29)26-25(30)32-22/h10-13,15,17,29H,1-9,14,16H2,(H,26,30)(H,27,28). The number of hydrogen-bond acceptors (Lipinski definition) is 5. The normalized spacial score (nSPS) is 11.1. The van der Waals surface area contributed by atoms with Crippen molar-refractivity contribution in [3.8, 4) is 11.6 Å². The number of rotatable bonds is 14. The molecule has 0 spiro atoms. The number of carbonyl (C=O) groups is 1. The number of thiazole rings is 1. The summed E-state index contributed by atoms with van der Waals surface area (Å²) < 4.78 is 5.91. The van der Waals surface area contributed by atoms with Gasteiger partial charge in [-0.2, -0.15) is 0 Å². The predicted molar refractivity (Wildman–Crippen MR) is 128 cm³/mol. The smallest absolute Gasteiger partial charge is 0.307 e. The molecule has 0 atom stereocenters. The fourth-order valence-corrected chi connectivity index (χ4v) is 4.52. The molecule has 0 saturated heterocycles. The van der Waals surface area contributed by atoms with Crippen LogP contribution in [-0.4, -0.2) is 27.8 Å². The Labute approximate surface area is 191 Å². The molecule has 0 fully saturated rings. The van der Waals surface area contributed by atoms with Gasteiger partial charge in [-0.05, 0) is 41.3 Å². The summed E-state index contributed by atoms with van der Waals surface area (Å²) in [5.41, 5.74) is 1.04. The largest absolute Gasteiger partial charge is 0.494 e. The predicted octanol–water partition coefficient (Wildman–Crippen LogP) is 5.86. The lowest BCUT2D eigenvalue weighted by Crippen LogP contribution is -1.97. The topological polar surface area (TPSA) is 99.6 Å². The van der Waals surface area contributed by atoms with E-state index < -0.39 is 5.97 Å². The fraction of sp³-hybridized carbons (Fsp3) is 0.440. The molecule has 0 unspecified atom stereocenters. The first-order chi connectivity index (χ1) is 15.5. The first-order valence-corrected chi connectivity index (χ1v) is 12.1. The number of fused-ring (bicyclic) bond motifs is 1. The molecule has 3 rings (SSSR count). The molecule has 0 aliphatic rings. The number of hydrogen-bond donors (Lipinski definition) is 3. The van der Waals surface area contributed by atoms with Crippen LogP contribution in [0.1, 0.15) is 68.2 Å². The Hall–Kier alpha value is -2.80. The molecule has 0 amide bonds. The van der Waals surface area contributed by atoms with Gasteiger partial charge in [-0.1, -0.05) is 74.1 Å². The summed E-state index contributed by atoms with van der Waals surface area (Å²) in [7, 11) is 0. The number of carboxylic acid groups (broad SMARTS) is 1. The van der Waals surface area contributed by atoms with E-state index >= 15 is 0 Å². The number of aromatic nitrogens is 1. The van der Waals surface area contributed by atoms with Crippen molar-refractivity contribution in [1.82, 2.24) is 4.98 Å². The Bertz CT molecular complexity index is 1070. The quantitative estimate of drug-likeness (QED) is 0.263. The molecule has 2 aromatic carbocycles. The van der Waals surface area contributed by atoms with Gasteiger partial charge >= 0.3 is 10.8 Å². The SMILES string of the molecule is O=C(O)CCCCCCCCCCOc1ccc2cc(Cc3sc(=O)[nH]c3O)ccc2c1. The van der Waals surface area contributed by atoms with Crippen LogP contribution in [-0.2, 0) is 11.2 Å².